The summed E-state index contributed by atoms with van der Waals surface area (Å²) in [6.45, 7) is 4.72. The minimum atomic E-state index is -0.594. The largest absolute Gasteiger partial charge is 0.464 e. The van der Waals surface area contributed by atoms with Crippen LogP contribution in [0.4, 0.5) is 4.79 Å². The van der Waals surface area contributed by atoms with Crippen molar-refractivity contribution in [1.82, 2.24) is 4.90 Å². The first-order valence-electron chi connectivity index (χ1n) is 10.8. The molecule has 30 heavy (non-hydrogen) atoms. The highest BCUT2D eigenvalue weighted by Gasteiger charge is 2.44. The molecule has 1 amide bonds. The Balaban J connectivity index is 1.71. The van der Waals surface area contributed by atoms with E-state index in [-0.39, 0.29) is 18.5 Å². The van der Waals surface area contributed by atoms with Crippen molar-refractivity contribution in [2.45, 2.75) is 51.5 Å². The van der Waals surface area contributed by atoms with E-state index in [1.54, 1.807) is 13.8 Å². The number of carbonyl (C=O) groups is 3. The van der Waals surface area contributed by atoms with Crippen LogP contribution in [-0.2, 0) is 19.0 Å². The molecule has 0 bridgehead atoms. The molecule has 1 saturated heterocycles. The second kappa shape index (κ2) is 9.96. The zero-order chi connectivity index (χ0) is 21.7. The van der Waals surface area contributed by atoms with Gasteiger partial charge in [-0.15, -0.1) is 0 Å². The molecule has 4 unspecified atom stereocenters. The molecule has 3 rings (SSSR count). The van der Waals surface area contributed by atoms with Crippen molar-refractivity contribution in [2.24, 2.45) is 11.8 Å². The number of methoxy groups -OCH3 is 1. The zero-order valence-corrected chi connectivity index (χ0v) is 18.0. The summed E-state index contributed by atoms with van der Waals surface area (Å²) in [5.74, 6) is 0.395. The van der Waals surface area contributed by atoms with Crippen LogP contribution >= 0.6 is 0 Å². The third kappa shape index (κ3) is 4.77. The van der Waals surface area contributed by atoms with Crippen LogP contribution < -0.4 is 0 Å². The number of benzene rings is 1. The first kappa shape index (κ1) is 22.1. The average Bonchev–Trinajstić information content (AvgIpc) is 2.77. The fraction of sp³-hybridized carbons (Fsp3) is 0.609. The van der Waals surface area contributed by atoms with E-state index in [4.69, 9.17) is 14.2 Å². The Kier molecular flexibility index (Phi) is 7.34. The molecule has 1 aliphatic heterocycles. The topological polar surface area (TPSA) is 82.1 Å². The number of carbonyl (C=O) groups excluding carboxylic acids is 3. The molecule has 1 aliphatic carbocycles. The van der Waals surface area contributed by atoms with Gasteiger partial charge < -0.3 is 14.2 Å². The molecule has 1 aromatic rings. The summed E-state index contributed by atoms with van der Waals surface area (Å²) >= 11 is 0. The number of hydrogen-bond donors (Lipinski definition) is 0. The number of piperidine rings is 1. The highest BCUT2D eigenvalue weighted by molar-refractivity contribution is 5.89. The van der Waals surface area contributed by atoms with Gasteiger partial charge in [0, 0.05) is 6.54 Å². The Morgan fingerprint density at radius 3 is 2.30 bits per heavy atom. The van der Waals surface area contributed by atoms with Crippen LogP contribution in [0.1, 0.15) is 61.4 Å². The van der Waals surface area contributed by atoms with Crippen molar-refractivity contribution in [1.29, 1.82) is 0 Å². The van der Waals surface area contributed by atoms with Gasteiger partial charge in [-0.2, -0.15) is 0 Å². The van der Waals surface area contributed by atoms with E-state index in [2.05, 4.69) is 0 Å². The maximum atomic E-state index is 12.5. The standard InChI is InChI=1S/C23H31NO6/c1-4-29-21(25)16-8-6-15(7-9-16)17-10-11-18-14-24(23(27)28-3)20(13-19(18)12-17)22(26)30-5-2/h6-9,17-20H,4-5,10-14H2,1-3H3. The van der Waals surface area contributed by atoms with Crippen molar-refractivity contribution in [3.8, 4) is 0 Å². The molecule has 0 radical (unpaired) electrons. The second-order valence-corrected chi connectivity index (χ2v) is 8.00. The van der Waals surface area contributed by atoms with Crippen LogP contribution in [0, 0.1) is 11.8 Å². The molecule has 0 spiro atoms. The van der Waals surface area contributed by atoms with E-state index in [1.807, 2.05) is 24.3 Å². The molecule has 1 heterocycles. The van der Waals surface area contributed by atoms with Gasteiger partial charge in [-0.1, -0.05) is 12.1 Å². The molecule has 1 aromatic carbocycles. The number of esters is 2. The number of nitrogens with zero attached hydrogens (tertiary/aromatic N) is 1. The second-order valence-electron chi connectivity index (χ2n) is 8.00. The summed E-state index contributed by atoms with van der Waals surface area (Å²) in [7, 11) is 1.34. The quantitative estimate of drug-likeness (QED) is 0.536. The number of ether oxygens (including phenoxy) is 3. The van der Waals surface area contributed by atoms with Crippen LogP contribution in [0.15, 0.2) is 24.3 Å². The fourth-order valence-electron chi connectivity index (χ4n) is 4.84. The molecule has 1 saturated carbocycles. The van der Waals surface area contributed by atoms with Crippen molar-refractivity contribution in [3.05, 3.63) is 35.4 Å². The third-order valence-electron chi connectivity index (χ3n) is 6.33. The Morgan fingerprint density at radius 2 is 1.67 bits per heavy atom. The summed E-state index contributed by atoms with van der Waals surface area (Å²) in [5, 5.41) is 0. The van der Waals surface area contributed by atoms with Gasteiger partial charge in [0.1, 0.15) is 6.04 Å². The molecule has 2 fully saturated rings. The Morgan fingerprint density at radius 1 is 0.967 bits per heavy atom. The van der Waals surface area contributed by atoms with Crippen molar-refractivity contribution in [3.63, 3.8) is 0 Å². The van der Waals surface area contributed by atoms with Crippen LogP contribution in [0.3, 0.4) is 0 Å². The average molecular weight is 418 g/mol. The van der Waals surface area contributed by atoms with Gasteiger partial charge in [-0.25, -0.2) is 14.4 Å². The lowest BCUT2D eigenvalue weighted by Gasteiger charge is -2.46. The Hall–Kier alpha value is -2.57. The lowest BCUT2D eigenvalue weighted by molar-refractivity contribution is -0.152. The van der Waals surface area contributed by atoms with Gasteiger partial charge in [-0.05, 0) is 75.0 Å². The molecule has 7 nitrogen and oxygen atoms in total. The van der Waals surface area contributed by atoms with Crippen molar-refractivity contribution < 1.29 is 28.6 Å². The third-order valence-corrected chi connectivity index (χ3v) is 6.33. The molecular weight excluding hydrogens is 386 g/mol. The van der Waals surface area contributed by atoms with Gasteiger partial charge in [0.25, 0.3) is 0 Å². The van der Waals surface area contributed by atoms with Crippen LogP contribution in [-0.4, -0.2) is 55.8 Å². The summed E-state index contributed by atoms with van der Waals surface area (Å²) in [6.07, 6.45) is 3.07. The summed E-state index contributed by atoms with van der Waals surface area (Å²) < 4.78 is 15.2. The van der Waals surface area contributed by atoms with Crippen molar-refractivity contribution in [2.75, 3.05) is 26.9 Å². The molecular formula is C23H31NO6. The normalized spacial score (nSPS) is 25.8. The van der Waals surface area contributed by atoms with E-state index >= 15 is 0 Å². The molecule has 4 atom stereocenters. The van der Waals surface area contributed by atoms with E-state index in [0.717, 1.165) is 19.3 Å². The molecule has 2 aliphatic rings. The number of hydrogen-bond acceptors (Lipinski definition) is 6. The number of fused-ring (bicyclic) bond motifs is 1. The van der Waals surface area contributed by atoms with E-state index in [0.29, 0.717) is 42.9 Å². The maximum absolute atomic E-state index is 12.5. The first-order chi connectivity index (χ1) is 14.5. The highest BCUT2D eigenvalue weighted by Crippen LogP contribution is 2.45. The lowest BCUT2D eigenvalue weighted by atomic mass is 9.67. The summed E-state index contributed by atoms with van der Waals surface area (Å²) in [6, 6.07) is 7.05. The fourth-order valence-corrected chi connectivity index (χ4v) is 4.84. The highest BCUT2D eigenvalue weighted by atomic mass is 16.6. The predicted molar refractivity (Wildman–Crippen MR) is 110 cm³/mol. The van der Waals surface area contributed by atoms with Crippen LogP contribution in [0.2, 0.25) is 0 Å². The Labute approximate surface area is 177 Å². The summed E-state index contributed by atoms with van der Waals surface area (Å²) in [5.41, 5.74) is 1.76. The van der Waals surface area contributed by atoms with Gasteiger partial charge in [0.05, 0.1) is 25.9 Å². The molecule has 0 aromatic heterocycles. The minimum Gasteiger partial charge on any atom is -0.464 e. The predicted octanol–water partition coefficient (Wildman–Crippen LogP) is 3.77. The smallest absolute Gasteiger partial charge is 0.410 e. The van der Waals surface area contributed by atoms with Gasteiger partial charge in [0.15, 0.2) is 0 Å². The monoisotopic (exact) mass is 417 g/mol. The lowest BCUT2D eigenvalue weighted by Crippen LogP contribution is -2.54. The van der Waals surface area contributed by atoms with Crippen LogP contribution in [0.25, 0.3) is 0 Å². The minimum absolute atomic E-state index is 0.286. The molecule has 7 heteroatoms. The van der Waals surface area contributed by atoms with Gasteiger partial charge >= 0.3 is 18.0 Å². The van der Waals surface area contributed by atoms with Crippen LogP contribution in [0.5, 0.6) is 0 Å². The number of rotatable bonds is 5. The Bertz CT molecular complexity index is 761. The SMILES string of the molecule is CCOC(=O)c1ccc(C2CCC3CN(C(=O)OC)C(C(=O)OCC)CC3C2)cc1. The van der Waals surface area contributed by atoms with Gasteiger partial charge in [0.2, 0.25) is 0 Å². The summed E-state index contributed by atoms with van der Waals surface area (Å²) in [4.78, 5) is 38.1. The van der Waals surface area contributed by atoms with E-state index < -0.39 is 12.1 Å². The molecule has 164 valence electrons. The van der Waals surface area contributed by atoms with Crippen molar-refractivity contribution >= 4 is 18.0 Å². The maximum Gasteiger partial charge on any atom is 0.410 e. The zero-order valence-electron chi connectivity index (χ0n) is 18.0. The molecule has 0 N–H and O–H groups in total. The number of amides is 1. The number of likely N-dealkylation sites (tertiary alicyclic amines) is 1. The van der Waals surface area contributed by atoms with E-state index in [9.17, 15) is 14.4 Å². The van der Waals surface area contributed by atoms with E-state index in [1.165, 1.54) is 17.6 Å². The first-order valence-corrected chi connectivity index (χ1v) is 10.8. The van der Waals surface area contributed by atoms with Gasteiger partial charge in [-0.3, -0.25) is 4.90 Å².